The van der Waals surface area contributed by atoms with Gasteiger partial charge in [-0.05, 0) is 29.8 Å². The third kappa shape index (κ3) is 2.06. The Bertz CT molecular complexity index is 625. The van der Waals surface area contributed by atoms with E-state index in [0.29, 0.717) is 12.6 Å². The van der Waals surface area contributed by atoms with E-state index in [-0.39, 0.29) is 0 Å². The molecule has 0 amide bonds. The average Bonchev–Trinajstić information content (AvgIpc) is 2.82. The molecule has 90 valence electrons. The van der Waals surface area contributed by atoms with Crippen molar-refractivity contribution in [3.8, 4) is 11.8 Å². The van der Waals surface area contributed by atoms with E-state index in [4.69, 9.17) is 10.5 Å². The number of fused-ring (bicyclic) bond motifs is 1. The lowest BCUT2D eigenvalue weighted by atomic mass is 10.2. The summed E-state index contributed by atoms with van der Waals surface area (Å²) in [6.07, 6.45) is 0. The molecule has 1 heterocycles. The predicted octanol–water partition coefficient (Wildman–Crippen LogP) is 2.81. The summed E-state index contributed by atoms with van der Waals surface area (Å²) in [5.41, 5.74) is 8.48. The summed E-state index contributed by atoms with van der Waals surface area (Å²) in [5.74, 6) is 0.742. The Labute approximate surface area is 104 Å². The number of benzene rings is 2. The molecule has 0 fully saturated rings. The van der Waals surface area contributed by atoms with Crippen LogP contribution in [0.25, 0.3) is 11.0 Å². The van der Waals surface area contributed by atoms with Crippen molar-refractivity contribution in [3.63, 3.8) is 0 Å². The van der Waals surface area contributed by atoms with E-state index in [0.717, 1.165) is 22.3 Å². The number of hydrogen-bond donors (Lipinski definition) is 2. The van der Waals surface area contributed by atoms with Crippen molar-refractivity contribution < 1.29 is 4.74 Å². The number of H-pyrrole nitrogens is 1. The molecule has 3 N–H and O–H groups in total. The maximum absolute atomic E-state index is 5.66. The molecule has 1 aromatic heterocycles. The highest BCUT2D eigenvalue weighted by molar-refractivity contribution is 5.75. The van der Waals surface area contributed by atoms with Crippen LogP contribution in [0.4, 0.5) is 0 Å². The van der Waals surface area contributed by atoms with Crippen molar-refractivity contribution in [2.24, 2.45) is 5.73 Å². The monoisotopic (exact) mass is 239 g/mol. The van der Waals surface area contributed by atoms with Crippen LogP contribution < -0.4 is 10.5 Å². The molecule has 3 aromatic rings. The lowest BCUT2D eigenvalue weighted by Crippen LogP contribution is -1.95. The Hall–Kier alpha value is -2.33. The summed E-state index contributed by atoms with van der Waals surface area (Å²) in [5, 5.41) is 0. The molecule has 0 aliphatic carbocycles. The maximum atomic E-state index is 5.66. The molecular weight excluding hydrogens is 226 g/mol. The summed E-state index contributed by atoms with van der Waals surface area (Å²) in [4.78, 5) is 7.46. The molecule has 4 heteroatoms. The van der Waals surface area contributed by atoms with Crippen LogP contribution in [0.2, 0.25) is 0 Å². The number of imidazole rings is 1. The highest BCUT2D eigenvalue weighted by Crippen LogP contribution is 2.21. The fraction of sp³-hybridized carbons (Fsp3) is 0.0714. The summed E-state index contributed by atoms with van der Waals surface area (Å²) < 4.78 is 5.66. The van der Waals surface area contributed by atoms with Crippen LogP contribution in [-0.2, 0) is 6.54 Å². The SMILES string of the molecule is NCc1ccc(Oc2nc3ccccc3[nH]2)cc1. The third-order valence-electron chi connectivity index (χ3n) is 2.74. The van der Waals surface area contributed by atoms with Gasteiger partial charge in [0, 0.05) is 6.54 Å². The van der Waals surface area contributed by atoms with Gasteiger partial charge in [-0.2, -0.15) is 4.98 Å². The van der Waals surface area contributed by atoms with Gasteiger partial charge in [-0.25, -0.2) is 0 Å². The topological polar surface area (TPSA) is 63.9 Å². The number of aromatic amines is 1. The van der Waals surface area contributed by atoms with Gasteiger partial charge < -0.3 is 15.5 Å². The molecule has 0 atom stereocenters. The quantitative estimate of drug-likeness (QED) is 0.738. The zero-order valence-electron chi connectivity index (χ0n) is 9.76. The minimum Gasteiger partial charge on any atom is -0.426 e. The molecule has 0 bridgehead atoms. The van der Waals surface area contributed by atoms with E-state index in [9.17, 15) is 0 Å². The van der Waals surface area contributed by atoms with Crippen LogP contribution in [0.15, 0.2) is 48.5 Å². The highest BCUT2D eigenvalue weighted by Gasteiger charge is 2.03. The molecule has 3 rings (SSSR count). The standard InChI is InChI=1S/C14H13N3O/c15-9-10-5-7-11(8-6-10)18-14-16-12-3-1-2-4-13(12)17-14/h1-8H,9,15H2,(H,16,17). The van der Waals surface area contributed by atoms with Gasteiger partial charge in [0.2, 0.25) is 0 Å². The normalized spacial score (nSPS) is 10.7. The number of aromatic nitrogens is 2. The lowest BCUT2D eigenvalue weighted by Gasteiger charge is -2.02. The summed E-state index contributed by atoms with van der Waals surface area (Å²) in [6, 6.07) is 16.0. The Morgan fingerprint density at radius 1 is 1.06 bits per heavy atom. The number of nitrogens with two attached hydrogens (primary N) is 1. The Balaban J connectivity index is 1.86. The minimum absolute atomic E-state index is 0.497. The van der Waals surface area contributed by atoms with Gasteiger partial charge in [-0.1, -0.05) is 24.3 Å². The molecule has 0 saturated carbocycles. The first-order valence-corrected chi connectivity index (χ1v) is 5.77. The van der Waals surface area contributed by atoms with Gasteiger partial charge in [0.25, 0.3) is 6.01 Å². The number of hydrogen-bond acceptors (Lipinski definition) is 3. The zero-order valence-corrected chi connectivity index (χ0v) is 9.76. The molecular formula is C14H13N3O. The zero-order chi connectivity index (χ0) is 12.4. The molecule has 0 aliphatic rings. The second kappa shape index (κ2) is 4.50. The molecule has 18 heavy (non-hydrogen) atoms. The predicted molar refractivity (Wildman–Crippen MR) is 70.5 cm³/mol. The number of para-hydroxylation sites is 2. The maximum Gasteiger partial charge on any atom is 0.300 e. The fourth-order valence-electron chi connectivity index (χ4n) is 1.78. The Morgan fingerprint density at radius 3 is 2.56 bits per heavy atom. The minimum atomic E-state index is 0.497. The van der Waals surface area contributed by atoms with Crippen LogP contribution in [0.5, 0.6) is 11.8 Å². The molecule has 0 aliphatic heterocycles. The van der Waals surface area contributed by atoms with Gasteiger partial charge in [0.15, 0.2) is 0 Å². The highest BCUT2D eigenvalue weighted by atomic mass is 16.5. The summed E-state index contributed by atoms with van der Waals surface area (Å²) in [6.45, 7) is 0.533. The fourth-order valence-corrected chi connectivity index (χ4v) is 1.78. The molecule has 4 nitrogen and oxygen atoms in total. The first-order valence-electron chi connectivity index (χ1n) is 5.77. The third-order valence-corrected chi connectivity index (χ3v) is 2.74. The Morgan fingerprint density at radius 2 is 1.83 bits per heavy atom. The average molecular weight is 239 g/mol. The van der Waals surface area contributed by atoms with Gasteiger partial charge in [-0.3, -0.25) is 0 Å². The van der Waals surface area contributed by atoms with E-state index >= 15 is 0 Å². The lowest BCUT2D eigenvalue weighted by molar-refractivity contribution is 0.449. The van der Waals surface area contributed by atoms with Gasteiger partial charge in [-0.15, -0.1) is 0 Å². The van der Waals surface area contributed by atoms with Crippen LogP contribution in [-0.4, -0.2) is 9.97 Å². The summed E-state index contributed by atoms with van der Waals surface area (Å²) >= 11 is 0. The largest absolute Gasteiger partial charge is 0.426 e. The number of rotatable bonds is 3. The second-order valence-corrected chi connectivity index (χ2v) is 4.01. The molecule has 0 unspecified atom stereocenters. The van der Waals surface area contributed by atoms with E-state index in [1.165, 1.54) is 0 Å². The molecule has 2 aromatic carbocycles. The first-order chi connectivity index (χ1) is 8.85. The Kier molecular flexibility index (Phi) is 2.70. The van der Waals surface area contributed by atoms with Gasteiger partial charge in [0.05, 0.1) is 11.0 Å². The van der Waals surface area contributed by atoms with Crippen molar-refractivity contribution in [2.75, 3.05) is 0 Å². The second-order valence-electron chi connectivity index (χ2n) is 4.01. The molecule has 0 spiro atoms. The van der Waals surface area contributed by atoms with Crippen LogP contribution in [0.1, 0.15) is 5.56 Å². The van der Waals surface area contributed by atoms with Crippen molar-refractivity contribution in [2.45, 2.75) is 6.54 Å². The van der Waals surface area contributed by atoms with Crippen LogP contribution in [0, 0.1) is 0 Å². The summed E-state index contributed by atoms with van der Waals surface area (Å²) in [7, 11) is 0. The smallest absolute Gasteiger partial charge is 0.300 e. The van der Waals surface area contributed by atoms with E-state index in [1.54, 1.807) is 0 Å². The van der Waals surface area contributed by atoms with Gasteiger partial charge >= 0.3 is 0 Å². The van der Waals surface area contributed by atoms with Crippen molar-refractivity contribution in [1.82, 2.24) is 9.97 Å². The van der Waals surface area contributed by atoms with E-state index in [2.05, 4.69) is 9.97 Å². The molecule has 0 radical (unpaired) electrons. The van der Waals surface area contributed by atoms with Gasteiger partial charge in [0.1, 0.15) is 5.75 Å². The van der Waals surface area contributed by atoms with Crippen molar-refractivity contribution in [1.29, 1.82) is 0 Å². The molecule has 0 saturated heterocycles. The van der Waals surface area contributed by atoms with Crippen molar-refractivity contribution >= 4 is 11.0 Å². The van der Waals surface area contributed by atoms with E-state index in [1.807, 2.05) is 48.5 Å². The number of nitrogens with zero attached hydrogens (tertiary/aromatic N) is 1. The van der Waals surface area contributed by atoms with Crippen LogP contribution >= 0.6 is 0 Å². The number of nitrogens with one attached hydrogen (secondary N) is 1. The van der Waals surface area contributed by atoms with Crippen LogP contribution in [0.3, 0.4) is 0 Å². The first kappa shape index (κ1) is 10.8. The van der Waals surface area contributed by atoms with Crippen molar-refractivity contribution in [3.05, 3.63) is 54.1 Å². The van der Waals surface area contributed by atoms with E-state index < -0.39 is 0 Å². The number of ether oxygens (including phenoxy) is 1.